The Hall–Kier alpha value is -0.0600. The molecule has 1 atom stereocenters. The van der Waals surface area contributed by atoms with Gasteiger partial charge in [-0.15, -0.1) is 0 Å². The molecule has 0 aliphatic carbocycles. The van der Waals surface area contributed by atoms with Crippen molar-refractivity contribution in [3.8, 4) is 0 Å². The quantitative estimate of drug-likeness (QED) is 0.643. The molecule has 0 nitrogen and oxygen atoms in total. The first-order valence-corrected chi connectivity index (χ1v) is 4.31. The highest BCUT2D eigenvalue weighted by molar-refractivity contribution is 6.92. The standard InChI is InChI=1S/C10H13Cl.H3P/c1-8(2)7-9-5-3-4-6-10(9)11;/h3-6,8H,7H2,1-2H3;1H3. The van der Waals surface area contributed by atoms with Crippen LogP contribution in [-0.4, -0.2) is 0 Å². The average molecular weight is 203 g/mol. The Morgan fingerprint density at radius 1 is 1.25 bits per heavy atom. The van der Waals surface area contributed by atoms with Crippen LogP contribution in [-0.2, 0) is 6.42 Å². The summed E-state index contributed by atoms with van der Waals surface area (Å²) in [7, 11) is 0. The zero-order chi connectivity index (χ0) is 8.27. The Bertz CT molecular complexity index is 233. The van der Waals surface area contributed by atoms with Crippen LogP contribution in [0, 0.1) is 5.92 Å². The van der Waals surface area contributed by atoms with Crippen LogP contribution in [0.4, 0.5) is 0 Å². The predicted octanol–water partition coefficient (Wildman–Crippen LogP) is 3.60. The summed E-state index contributed by atoms with van der Waals surface area (Å²) >= 11 is 5.97. The number of hydrogen-bond acceptors (Lipinski definition) is 0. The third-order valence-corrected chi connectivity index (χ3v) is 1.95. The molecule has 0 aliphatic rings. The lowest BCUT2D eigenvalue weighted by Crippen LogP contribution is -1.93. The molecule has 0 saturated heterocycles. The maximum atomic E-state index is 5.97. The molecule has 0 amide bonds. The predicted molar refractivity (Wildman–Crippen MR) is 61.1 cm³/mol. The molecular weight excluding hydrogens is 187 g/mol. The van der Waals surface area contributed by atoms with Gasteiger partial charge in [-0.25, -0.2) is 0 Å². The van der Waals surface area contributed by atoms with Gasteiger partial charge >= 0.3 is 0 Å². The molecule has 1 aromatic rings. The Kier molecular flexibility index (Phi) is 5.53. The van der Waals surface area contributed by atoms with E-state index in [4.69, 9.17) is 11.6 Å². The third-order valence-electron chi connectivity index (χ3n) is 1.59. The van der Waals surface area contributed by atoms with Crippen molar-refractivity contribution in [2.45, 2.75) is 20.3 Å². The summed E-state index contributed by atoms with van der Waals surface area (Å²) in [5.41, 5.74) is 1.25. The normalized spacial score (nSPS) is 9.67. The summed E-state index contributed by atoms with van der Waals surface area (Å²) < 4.78 is 0. The molecule has 0 heterocycles. The SMILES string of the molecule is CC(C)Cc1ccccc1Cl.P. The average Bonchev–Trinajstić information content (AvgIpc) is 1.93. The van der Waals surface area contributed by atoms with Gasteiger partial charge in [0.1, 0.15) is 0 Å². The largest absolute Gasteiger partial charge is 0.153 e. The molecule has 0 radical (unpaired) electrons. The highest BCUT2D eigenvalue weighted by atomic mass is 35.5. The first kappa shape index (κ1) is 11.9. The molecule has 68 valence electrons. The molecule has 0 saturated carbocycles. The van der Waals surface area contributed by atoms with Crippen LogP contribution < -0.4 is 0 Å². The fraction of sp³-hybridized carbons (Fsp3) is 0.400. The summed E-state index contributed by atoms with van der Waals surface area (Å²) in [4.78, 5) is 0. The summed E-state index contributed by atoms with van der Waals surface area (Å²) in [5.74, 6) is 0.676. The van der Waals surface area contributed by atoms with Gasteiger partial charge in [0, 0.05) is 5.02 Å². The van der Waals surface area contributed by atoms with Gasteiger partial charge in [-0.1, -0.05) is 43.6 Å². The van der Waals surface area contributed by atoms with Crippen molar-refractivity contribution in [3.05, 3.63) is 34.9 Å². The van der Waals surface area contributed by atoms with Crippen molar-refractivity contribution in [2.75, 3.05) is 0 Å². The fourth-order valence-electron chi connectivity index (χ4n) is 1.10. The number of hydrogen-bond donors (Lipinski definition) is 0. The molecule has 2 heteroatoms. The van der Waals surface area contributed by atoms with E-state index in [-0.39, 0.29) is 9.90 Å². The number of halogens is 1. The van der Waals surface area contributed by atoms with Gasteiger partial charge in [-0.05, 0) is 24.0 Å². The highest BCUT2D eigenvalue weighted by Crippen LogP contribution is 2.17. The Labute approximate surface area is 82.9 Å². The smallest absolute Gasteiger partial charge is 0.0438 e. The van der Waals surface area contributed by atoms with Crippen LogP contribution in [0.1, 0.15) is 19.4 Å². The molecule has 0 fully saturated rings. The molecular formula is C10H16ClP. The van der Waals surface area contributed by atoms with E-state index < -0.39 is 0 Å². The summed E-state index contributed by atoms with van der Waals surface area (Å²) in [6.07, 6.45) is 1.07. The summed E-state index contributed by atoms with van der Waals surface area (Å²) in [6.45, 7) is 4.40. The van der Waals surface area contributed by atoms with Gasteiger partial charge in [0.2, 0.25) is 0 Å². The Balaban J connectivity index is 0.00000121. The minimum atomic E-state index is 0. The Morgan fingerprint density at radius 3 is 2.33 bits per heavy atom. The first-order chi connectivity index (χ1) is 5.20. The van der Waals surface area contributed by atoms with Crippen LogP contribution in [0.2, 0.25) is 5.02 Å². The molecule has 1 aromatic carbocycles. The second-order valence-electron chi connectivity index (χ2n) is 3.19. The number of benzene rings is 1. The van der Waals surface area contributed by atoms with E-state index in [2.05, 4.69) is 19.9 Å². The molecule has 0 N–H and O–H groups in total. The van der Waals surface area contributed by atoms with E-state index in [9.17, 15) is 0 Å². The zero-order valence-corrected chi connectivity index (χ0v) is 9.85. The fourth-order valence-corrected chi connectivity index (χ4v) is 1.32. The van der Waals surface area contributed by atoms with Crippen LogP contribution in [0.25, 0.3) is 0 Å². The molecule has 12 heavy (non-hydrogen) atoms. The monoisotopic (exact) mass is 202 g/mol. The van der Waals surface area contributed by atoms with Crippen LogP contribution in [0.3, 0.4) is 0 Å². The van der Waals surface area contributed by atoms with Crippen LogP contribution in [0.15, 0.2) is 24.3 Å². The second kappa shape index (κ2) is 5.56. The van der Waals surface area contributed by atoms with E-state index in [0.29, 0.717) is 5.92 Å². The van der Waals surface area contributed by atoms with Crippen molar-refractivity contribution < 1.29 is 0 Å². The van der Waals surface area contributed by atoms with Gasteiger partial charge < -0.3 is 0 Å². The Morgan fingerprint density at radius 2 is 1.83 bits per heavy atom. The lowest BCUT2D eigenvalue weighted by atomic mass is 10.0. The maximum Gasteiger partial charge on any atom is 0.0438 e. The maximum absolute atomic E-state index is 5.97. The summed E-state index contributed by atoms with van der Waals surface area (Å²) in [6, 6.07) is 8.03. The number of rotatable bonds is 2. The lowest BCUT2D eigenvalue weighted by Gasteiger charge is -2.05. The second-order valence-corrected chi connectivity index (χ2v) is 3.60. The van der Waals surface area contributed by atoms with E-state index in [1.165, 1.54) is 5.56 Å². The van der Waals surface area contributed by atoms with Gasteiger partial charge in [0.15, 0.2) is 0 Å². The van der Waals surface area contributed by atoms with Crippen molar-refractivity contribution in [2.24, 2.45) is 5.92 Å². The van der Waals surface area contributed by atoms with Gasteiger partial charge in [-0.3, -0.25) is 0 Å². The van der Waals surface area contributed by atoms with E-state index in [1.54, 1.807) is 0 Å². The molecule has 0 aliphatic heterocycles. The first-order valence-electron chi connectivity index (χ1n) is 3.93. The van der Waals surface area contributed by atoms with Crippen molar-refractivity contribution >= 4 is 21.5 Å². The van der Waals surface area contributed by atoms with Gasteiger partial charge in [0.25, 0.3) is 0 Å². The molecule has 0 aromatic heterocycles. The molecule has 0 spiro atoms. The molecule has 1 unspecified atom stereocenters. The van der Waals surface area contributed by atoms with E-state index in [0.717, 1.165) is 11.4 Å². The van der Waals surface area contributed by atoms with Crippen LogP contribution in [0.5, 0.6) is 0 Å². The van der Waals surface area contributed by atoms with E-state index in [1.807, 2.05) is 18.2 Å². The zero-order valence-electron chi connectivity index (χ0n) is 7.68. The van der Waals surface area contributed by atoms with E-state index >= 15 is 0 Å². The van der Waals surface area contributed by atoms with Crippen LogP contribution >= 0.6 is 21.5 Å². The van der Waals surface area contributed by atoms with Crippen molar-refractivity contribution in [1.29, 1.82) is 0 Å². The lowest BCUT2D eigenvalue weighted by molar-refractivity contribution is 0.647. The molecule has 0 bridgehead atoms. The van der Waals surface area contributed by atoms with Crippen molar-refractivity contribution in [1.82, 2.24) is 0 Å². The summed E-state index contributed by atoms with van der Waals surface area (Å²) in [5, 5.41) is 0.890. The van der Waals surface area contributed by atoms with Gasteiger partial charge in [0.05, 0.1) is 0 Å². The third kappa shape index (κ3) is 3.56. The topological polar surface area (TPSA) is 0 Å². The van der Waals surface area contributed by atoms with Gasteiger partial charge in [-0.2, -0.15) is 9.90 Å². The molecule has 1 rings (SSSR count). The van der Waals surface area contributed by atoms with Crippen molar-refractivity contribution in [3.63, 3.8) is 0 Å². The minimum absolute atomic E-state index is 0. The minimum Gasteiger partial charge on any atom is -0.153 e. The highest BCUT2D eigenvalue weighted by Gasteiger charge is 2.00.